The first-order chi connectivity index (χ1) is 8.04. The highest BCUT2D eigenvalue weighted by atomic mass is 16.4. The normalized spacial score (nSPS) is 12.9. The molecule has 0 amide bonds. The van der Waals surface area contributed by atoms with Gasteiger partial charge in [-0.2, -0.15) is 0 Å². The Morgan fingerprint density at radius 3 is 2.76 bits per heavy atom. The topological polar surface area (TPSA) is 82.7 Å². The van der Waals surface area contributed by atoms with E-state index in [1.807, 2.05) is 0 Å². The van der Waals surface area contributed by atoms with Crippen LogP contribution in [0, 0.1) is 5.92 Å². The second-order valence-electron chi connectivity index (χ2n) is 4.45. The van der Waals surface area contributed by atoms with E-state index >= 15 is 0 Å². The smallest absolute Gasteiger partial charge is 0.339 e. The number of aliphatic hydroxyl groups excluding tert-OH is 1. The highest BCUT2D eigenvalue weighted by molar-refractivity contribution is 5.88. The van der Waals surface area contributed by atoms with Gasteiger partial charge in [-0.1, -0.05) is 13.8 Å². The zero-order valence-electron chi connectivity index (χ0n) is 10.1. The molecule has 0 aromatic carbocycles. The van der Waals surface area contributed by atoms with Gasteiger partial charge in [-0.15, -0.1) is 0 Å². The number of carboxylic acids is 1. The van der Waals surface area contributed by atoms with Crippen LogP contribution in [0.15, 0.2) is 16.7 Å². The SMILES string of the molecule is CC(C)CC(CO)NCc1occc1C(=O)O. The van der Waals surface area contributed by atoms with E-state index in [1.54, 1.807) is 0 Å². The Morgan fingerprint density at radius 2 is 2.24 bits per heavy atom. The Kier molecular flexibility index (Phi) is 5.18. The molecule has 0 aliphatic rings. The molecule has 0 saturated carbocycles. The van der Waals surface area contributed by atoms with Crippen LogP contribution in [-0.2, 0) is 6.54 Å². The van der Waals surface area contributed by atoms with Crippen molar-refractivity contribution in [3.63, 3.8) is 0 Å². The average Bonchev–Trinajstić information content (AvgIpc) is 2.71. The van der Waals surface area contributed by atoms with Crippen molar-refractivity contribution in [1.82, 2.24) is 5.32 Å². The fraction of sp³-hybridized carbons (Fsp3) is 0.583. The van der Waals surface area contributed by atoms with Gasteiger partial charge in [0.15, 0.2) is 0 Å². The zero-order valence-corrected chi connectivity index (χ0v) is 10.1. The molecule has 96 valence electrons. The number of aromatic carboxylic acids is 1. The fourth-order valence-electron chi connectivity index (χ4n) is 1.70. The Morgan fingerprint density at radius 1 is 1.53 bits per heavy atom. The minimum absolute atomic E-state index is 0.0291. The van der Waals surface area contributed by atoms with Crippen LogP contribution in [0.5, 0.6) is 0 Å². The first-order valence-corrected chi connectivity index (χ1v) is 5.68. The van der Waals surface area contributed by atoms with Crippen molar-refractivity contribution in [3.8, 4) is 0 Å². The predicted octanol–water partition coefficient (Wildman–Crippen LogP) is 1.47. The van der Waals surface area contributed by atoms with Crippen LogP contribution in [0.2, 0.25) is 0 Å². The molecule has 1 unspecified atom stereocenters. The van der Waals surface area contributed by atoms with E-state index in [0.29, 0.717) is 18.2 Å². The summed E-state index contributed by atoms with van der Waals surface area (Å²) >= 11 is 0. The van der Waals surface area contributed by atoms with Gasteiger partial charge in [0, 0.05) is 6.04 Å². The van der Waals surface area contributed by atoms with Crippen LogP contribution in [0.1, 0.15) is 36.4 Å². The van der Waals surface area contributed by atoms with Crippen molar-refractivity contribution in [1.29, 1.82) is 0 Å². The lowest BCUT2D eigenvalue weighted by molar-refractivity contribution is 0.0694. The number of aliphatic hydroxyl groups is 1. The summed E-state index contributed by atoms with van der Waals surface area (Å²) in [6.45, 7) is 4.48. The van der Waals surface area contributed by atoms with Crippen molar-refractivity contribution >= 4 is 5.97 Å². The Labute approximate surface area is 100 Å². The molecule has 0 aliphatic carbocycles. The first-order valence-electron chi connectivity index (χ1n) is 5.68. The van der Waals surface area contributed by atoms with Crippen molar-refractivity contribution in [2.75, 3.05) is 6.61 Å². The third-order valence-electron chi connectivity index (χ3n) is 2.50. The number of rotatable bonds is 7. The minimum atomic E-state index is -1.00. The number of carboxylic acid groups (broad SMARTS) is 1. The molecule has 5 nitrogen and oxygen atoms in total. The summed E-state index contributed by atoms with van der Waals surface area (Å²) in [7, 11) is 0. The van der Waals surface area contributed by atoms with Gasteiger partial charge in [0.2, 0.25) is 0 Å². The molecule has 1 atom stereocenters. The number of nitrogens with one attached hydrogen (secondary N) is 1. The molecule has 5 heteroatoms. The monoisotopic (exact) mass is 241 g/mol. The second-order valence-corrected chi connectivity index (χ2v) is 4.45. The third kappa shape index (κ3) is 4.20. The minimum Gasteiger partial charge on any atom is -0.478 e. The largest absolute Gasteiger partial charge is 0.478 e. The summed E-state index contributed by atoms with van der Waals surface area (Å²) in [5, 5.41) is 21.1. The lowest BCUT2D eigenvalue weighted by Crippen LogP contribution is -2.33. The van der Waals surface area contributed by atoms with Crippen LogP contribution >= 0.6 is 0 Å². The Bertz CT molecular complexity index is 359. The van der Waals surface area contributed by atoms with Gasteiger partial charge < -0.3 is 19.9 Å². The number of hydrogen-bond acceptors (Lipinski definition) is 4. The molecule has 0 bridgehead atoms. The standard InChI is InChI=1S/C12H19NO4/c1-8(2)5-9(7-14)13-6-11-10(12(15)16)3-4-17-11/h3-4,8-9,13-14H,5-7H2,1-2H3,(H,15,16). The number of carbonyl (C=O) groups is 1. The van der Waals surface area contributed by atoms with Crippen molar-refractivity contribution < 1.29 is 19.4 Å². The lowest BCUT2D eigenvalue weighted by atomic mass is 10.0. The zero-order chi connectivity index (χ0) is 12.8. The van der Waals surface area contributed by atoms with E-state index in [9.17, 15) is 9.90 Å². The maximum absolute atomic E-state index is 10.8. The molecule has 0 fully saturated rings. The quantitative estimate of drug-likeness (QED) is 0.673. The maximum Gasteiger partial charge on any atom is 0.339 e. The van der Waals surface area contributed by atoms with Crippen molar-refractivity contribution in [3.05, 3.63) is 23.7 Å². The number of furan rings is 1. The van der Waals surface area contributed by atoms with Crippen LogP contribution in [0.4, 0.5) is 0 Å². The average molecular weight is 241 g/mol. The fourth-order valence-corrected chi connectivity index (χ4v) is 1.70. The molecule has 0 saturated heterocycles. The summed E-state index contributed by atoms with van der Waals surface area (Å²) in [6.07, 6.45) is 2.19. The van der Waals surface area contributed by atoms with Gasteiger partial charge in [0.25, 0.3) is 0 Å². The van der Waals surface area contributed by atoms with Gasteiger partial charge >= 0.3 is 5.97 Å². The number of hydrogen-bond donors (Lipinski definition) is 3. The van der Waals surface area contributed by atoms with E-state index in [2.05, 4.69) is 19.2 Å². The molecular weight excluding hydrogens is 222 g/mol. The third-order valence-corrected chi connectivity index (χ3v) is 2.50. The highest BCUT2D eigenvalue weighted by Crippen LogP contribution is 2.11. The lowest BCUT2D eigenvalue weighted by Gasteiger charge is -2.17. The van der Waals surface area contributed by atoms with Crippen LogP contribution in [0.25, 0.3) is 0 Å². The summed E-state index contributed by atoms with van der Waals surface area (Å²) in [6, 6.07) is 1.39. The predicted molar refractivity (Wildman–Crippen MR) is 62.8 cm³/mol. The van der Waals surface area contributed by atoms with Gasteiger partial charge in [0.05, 0.1) is 19.4 Å². The summed E-state index contributed by atoms with van der Waals surface area (Å²) in [5.41, 5.74) is 0.165. The summed E-state index contributed by atoms with van der Waals surface area (Å²) in [5.74, 6) is -0.144. The Balaban J connectivity index is 2.53. The van der Waals surface area contributed by atoms with E-state index < -0.39 is 5.97 Å². The summed E-state index contributed by atoms with van der Waals surface area (Å²) < 4.78 is 5.10. The molecule has 17 heavy (non-hydrogen) atoms. The molecule has 1 aromatic heterocycles. The van der Waals surface area contributed by atoms with Crippen molar-refractivity contribution in [2.45, 2.75) is 32.9 Å². The molecule has 1 heterocycles. The van der Waals surface area contributed by atoms with Crippen LogP contribution < -0.4 is 5.32 Å². The molecule has 0 aliphatic heterocycles. The Hall–Kier alpha value is -1.33. The maximum atomic E-state index is 10.8. The van der Waals surface area contributed by atoms with Gasteiger partial charge in [0.1, 0.15) is 11.3 Å². The molecule has 1 rings (SSSR count). The van der Waals surface area contributed by atoms with Gasteiger partial charge in [-0.25, -0.2) is 4.79 Å². The molecule has 3 N–H and O–H groups in total. The van der Waals surface area contributed by atoms with E-state index in [1.165, 1.54) is 12.3 Å². The first kappa shape index (κ1) is 13.7. The summed E-state index contributed by atoms with van der Waals surface area (Å²) in [4.78, 5) is 10.8. The van der Waals surface area contributed by atoms with Gasteiger partial charge in [-0.05, 0) is 18.4 Å². The van der Waals surface area contributed by atoms with E-state index in [-0.39, 0.29) is 18.2 Å². The second kappa shape index (κ2) is 6.42. The molecular formula is C12H19NO4. The highest BCUT2D eigenvalue weighted by Gasteiger charge is 2.15. The molecule has 0 spiro atoms. The van der Waals surface area contributed by atoms with Crippen molar-refractivity contribution in [2.24, 2.45) is 5.92 Å². The van der Waals surface area contributed by atoms with E-state index in [4.69, 9.17) is 9.52 Å². The van der Waals surface area contributed by atoms with Crippen LogP contribution in [0.3, 0.4) is 0 Å². The van der Waals surface area contributed by atoms with Crippen LogP contribution in [-0.4, -0.2) is 28.8 Å². The molecule has 1 aromatic rings. The van der Waals surface area contributed by atoms with Gasteiger partial charge in [-0.3, -0.25) is 0 Å². The molecule has 0 radical (unpaired) electrons. The van der Waals surface area contributed by atoms with E-state index in [0.717, 1.165) is 6.42 Å².